The highest BCUT2D eigenvalue weighted by Crippen LogP contribution is 2.27. The van der Waals surface area contributed by atoms with Crippen molar-refractivity contribution in [1.29, 1.82) is 0 Å². The van der Waals surface area contributed by atoms with Crippen LogP contribution in [0.15, 0.2) is 22.2 Å². The molecule has 0 amide bonds. The van der Waals surface area contributed by atoms with Gasteiger partial charge in [0.1, 0.15) is 6.33 Å². The summed E-state index contributed by atoms with van der Waals surface area (Å²) < 4.78 is 8.09. The van der Waals surface area contributed by atoms with Gasteiger partial charge in [0.25, 0.3) is 0 Å². The summed E-state index contributed by atoms with van der Waals surface area (Å²) in [6.45, 7) is 0.624. The quantitative estimate of drug-likeness (QED) is 0.791. The number of aromatic nitrogens is 4. The Balaban J connectivity index is 2.10. The summed E-state index contributed by atoms with van der Waals surface area (Å²) in [5.74, 6) is 0.834. The molecule has 0 aliphatic carbocycles. The molecule has 0 saturated heterocycles. The molecule has 0 radical (unpaired) electrons. The van der Waals surface area contributed by atoms with Crippen LogP contribution in [0.25, 0.3) is 11.2 Å². The van der Waals surface area contributed by atoms with Gasteiger partial charge >= 0.3 is 0 Å². The number of nitrogen functional groups attached to an aromatic ring is 1. The van der Waals surface area contributed by atoms with Gasteiger partial charge < -0.3 is 10.5 Å². The Bertz CT molecular complexity index is 738. The lowest BCUT2D eigenvalue weighted by Gasteiger charge is -2.03. The van der Waals surface area contributed by atoms with Gasteiger partial charge in [-0.2, -0.15) is 4.98 Å². The molecular formula is C11H10BrN5OS. The van der Waals surface area contributed by atoms with E-state index in [4.69, 9.17) is 10.5 Å². The zero-order valence-corrected chi connectivity index (χ0v) is 12.4. The van der Waals surface area contributed by atoms with Crippen LogP contribution in [-0.2, 0) is 6.54 Å². The van der Waals surface area contributed by atoms with E-state index < -0.39 is 0 Å². The topological polar surface area (TPSA) is 78.8 Å². The number of halogens is 1. The van der Waals surface area contributed by atoms with Crippen molar-refractivity contribution in [3.8, 4) is 5.88 Å². The number of thiophene rings is 1. The average molecular weight is 340 g/mol. The number of imidazole rings is 1. The minimum Gasteiger partial charge on any atom is -0.479 e. The standard InChI is InChI=1S/C11H10BrN5OS/c1-18-10-8-9(14-5-15-10)17(11(13)16-8)4-6-2-3-7(12)19-6/h2-3,5H,4H2,1H3,(H2,13,16). The summed E-state index contributed by atoms with van der Waals surface area (Å²) in [5, 5.41) is 0. The third-order valence-electron chi connectivity index (χ3n) is 2.66. The molecule has 0 spiro atoms. The molecule has 0 bridgehead atoms. The third kappa shape index (κ3) is 2.17. The Morgan fingerprint density at radius 1 is 1.42 bits per heavy atom. The van der Waals surface area contributed by atoms with Crippen molar-refractivity contribution in [2.45, 2.75) is 6.54 Å². The van der Waals surface area contributed by atoms with Crippen LogP contribution >= 0.6 is 27.3 Å². The first-order chi connectivity index (χ1) is 9.19. The summed E-state index contributed by atoms with van der Waals surface area (Å²) in [7, 11) is 1.55. The minimum absolute atomic E-state index is 0.401. The second kappa shape index (κ2) is 4.78. The predicted octanol–water partition coefficient (Wildman–Crippen LogP) is 2.29. The normalized spacial score (nSPS) is 11.1. The molecule has 0 unspecified atom stereocenters. The Labute approximate surface area is 121 Å². The van der Waals surface area contributed by atoms with Gasteiger partial charge in [0.05, 0.1) is 17.4 Å². The molecule has 0 atom stereocenters. The van der Waals surface area contributed by atoms with Crippen molar-refractivity contribution < 1.29 is 4.74 Å². The highest BCUT2D eigenvalue weighted by atomic mass is 79.9. The fourth-order valence-electron chi connectivity index (χ4n) is 1.83. The smallest absolute Gasteiger partial charge is 0.245 e. The second-order valence-corrected chi connectivity index (χ2v) is 6.36. The molecule has 3 aromatic heterocycles. The van der Waals surface area contributed by atoms with Gasteiger partial charge in [0, 0.05) is 4.88 Å². The van der Waals surface area contributed by atoms with E-state index in [2.05, 4.69) is 30.9 Å². The highest BCUT2D eigenvalue weighted by molar-refractivity contribution is 9.11. The van der Waals surface area contributed by atoms with E-state index >= 15 is 0 Å². The number of fused-ring (bicyclic) bond motifs is 1. The first kappa shape index (κ1) is 12.4. The van der Waals surface area contributed by atoms with Gasteiger partial charge in [-0.15, -0.1) is 11.3 Å². The monoisotopic (exact) mass is 339 g/mol. The zero-order chi connectivity index (χ0) is 13.4. The molecule has 0 aliphatic heterocycles. The molecule has 19 heavy (non-hydrogen) atoms. The fourth-order valence-corrected chi connectivity index (χ4v) is 3.30. The minimum atomic E-state index is 0.401. The van der Waals surface area contributed by atoms with Crippen molar-refractivity contribution in [2.24, 2.45) is 0 Å². The lowest BCUT2D eigenvalue weighted by Crippen LogP contribution is -2.04. The molecule has 3 aromatic rings. The molecule has 3 rings (SSSR count). The van der Waals surface area contributed by atoms with Crippen LogP contribution in [0.1, 0.15) is 4.88 Å². The first-order valence-corrected chi connectivity index (χ1v) is 7.05. The number of methoxy groups -OCH3 is 1. The fraction of sp³-hybridized carbons (Fsp3) is 0.182. The van der Waals surface area contributed by atoms with Crippen LogP contribution in [0, 0.1) is 0 Å². The van der Waals surface area contributed by atoms with Crippen LogP contribution in [0.4, 0.5) is 5.95 Å². The third-order valence-corrected chi connectivity index (χ3v) is 4.27. The summed E-state index contributed by atoms with van der Waals surface area (Å²) in [5.41, 5.74) is 7.21. The van der Waals surface area contributed by atoms with Crippen molar-refractivity contribution in [2.75, 3.05) is 12.8 Å². The van der Waals surface area contributed by atoms with Crippen LogP contribution in [-0.4, -0.2) is 26.6 Å². The summed E-state index contributed by atoms with van der Waals surface area (Å²) in [4.78, 5) is 13.7. The van der Waals surface area contributed by atoms with E-state index in [1.807, 2.05) is 16.7 Å². The maximum atomic E-state index is 5.95. The van der Waals surface area contributed by atoms with Crippen LogP contribution in [0.3, 0.4) is 0 Å². The molecule has 0 aliphatic rings. The summed E-state index contributed by atoms with van der Waals surface area (Å²) in [6, 6.07) is 4.04. The largest absolute Gasteiger partial charge is 0.479 e. The SMILES string of the molecule is COc1ncnc2c1nc(N)n2Cc1ccc(Br)s1. The van der Waals surface area contributed by atoms with Crippen molar-refractivity contribution in [3.05, 3.63) is 27.1 Å². The zero-order valence-electron chi connectivity index (χ0n) is 10.00. The number of ether oxygens (including phenoxy) is 1. The molecule has 0 fully saturated rings. The number of nitrogens with two attached hydrogens (primary N) is 1. The molecule has 6 nitrogen and oxygen atoms in total. The van der Waals surface area contributed by atoms with Gasteiger partial charge in [-0.3, -0.25) is 4.57 Å². The molecule has 2 N–H and O–H groups in total. The van der Waals surface area contributed by atoms with Crippen molar-refractivity contribution in [1.82, 2.24) is 19.5 Å². The Kier molecular flexibility index (Phi) is 3.11. The molecule has 0 aromatic carbocycles. The van der Waals surface area contributed by atoms with Gasteiger partial charge in [0.2, 0.25) is 11.8 Å². The van der Waals surface area contributed by atoms with E-state index in [0.717, 1.165) is 8.66 Å². The molecule has 8 heteroatoms. The van der Waals surface area contributed by atoms with E-state index in [1.54, 1.807) is 18.4 Å². The second-order valence-electron chi connectivity index (χ2n) is 3.82. The summed E-state index contributed by atoms with van der Waals surface area (Å²) in [6.07, 6.45) is 1.45. The Morgan fingerprint density at radius 2 is 2.26 bits per heavy atom. The lowest BCUT2D eigenvalue weighted by molar-refractivity contribution is 0.401. The molecule has 98 valence electrons. The number of nitrogens with zero attached hydrogens (tertiary/aromatic N) is 4. The van der Waals surface area contributed by atoms with E-state index in [9.17, 15) is 0 Å². The Morgan fingerprint density at radius 3 is 2.95 bits per heavy atom. The predicted molar refractivity (Wildman–Crippen MR) is 77.4 cm³/mol. The molecular weight excluding hydrogens is 330 g/mol. The van der Waals surface area contributed by atoms with E-state index in [-0.39, 0.29) is 0 Å². The lowest BCUT2D eigenvalue weighted by atomic mass is 10.4. The van der Waals surface area contributed by atoms with Crippen molar-refractivity contribution in [3.63, 3.8) is 0 Å². The Hall–Kier alpha value is -1.67. The molecule has 0 saturated carbocycles. The van der Waals surface area contributed by atoms with E-state index in [1.165, 1.54) is 6.33 Å². The maximum absolute atomic E-state index is 5.95. The van der Waals surface area contributed by atoms with Gasteiger partial charge in [0.15, 0.2) is 11.2 Å². The molecule has 3 heterocycles. The van der Waals surface area contributed by atoms with Gasteiger partial charge in [-0.25, -0.2) is 9.97 Å². The average Bonchev–Trinajstić information content (AvgIpc) is 2.94. The van der Waals surface area contributed by atoms with Crippen LogP contribution in [0.5, 0.6) is 5.88 Å². The number of hydrogen-bond acceptors (Lipinski definition) is 6. The number of rotatable bonds is 3. The van der Waals surface area contributed by atoms with Gasteiger partial charge in [-0.1, -0.05) is 0 Å². The van der Waals surface area contributed by atoms with E-state index in [0.29, 0.717) is 29.5 Å². The first-order valence-electron chi connectivity index (χ1n) is 5.44. The highest BCUT2D eigenvalue weighted by Gasteiger charge is 2.15. The number of hydrogen-bond donors (Lipinski definition) is 1. The summed E-state index contributed by atoms with van der Waals surface area (Å²) >= 11 is 5.10. The maximum Gasteiger partial charge on any atom is 0.245 e. The number of anilines is 1. The van der Waals surface area contributed by atoms with Crippen LogP contribution in [0.2, 0.25) is 0 Å². The van der Waals surface area contributed by atoms with Crippen LogP contribution < -0.4 is 10.5 Å². The van der Waals surface area contributed by atoms with Gasteiger partial charge in [-0.05, 0) is 28.1 Å². The van der Waals surface area contributed by atoms with Crippen molar-refractivity contribution >= 4 is 44.4 Å².